The van der Waals surface area contributed by atoms with Gasteiger partial charge in [0, 0.05) is 48.7 Å². The first-order valence-electron chi connectivity index (χ1n) is 14.3. The van der Waals surface area contributed by atoms with Gasteiger partial charge in [0.15, 0.2) is 11.5 Å². The highest BCUT2D eigenvalue weighted by molar-refractivity contribution is 6.32. The fourth-order valence-electron chi connectivity index (χ4n) is 5.69. The zero-order valence-corrected chi connectivity index (χ0v) is 25.2. The van der Waals surface area contributed by atoms with Crippen LogP contribution in [-0.4, -0.2) is 71.3 Å². The molecule has 0 saturated carbocycles. The number of H-pyrrole nitrogens is 1. The molecule has 1 aliphatic heterocycles. The van der Waals surface area contributed by atoms with Gasteiger partial charge in [0.25, 0.3) is 0 Å². The Morgan fingerprint density at radius 1 is 1.29 bits per heavy atom. The number of ether oxygens (including phenoxy) is 1. The van der Waals surface area contributed by atoms with Gasteiger partial charge in [0.2, 0.25) is 5.91 Å². The number of aryl methyl sites for hydroxylation is 1. The van der Waals surface area contributed by atoms with Crippen molar-refractivity contribution < 1.29 is 14.3 Å². The standard InChI is InChI=1S/C33H36ClN5O3/c1-21-13-15-23(39(21)29(41)12-7-19-38(2)3)16-14-22-20-35-18-17-24(22)31-32(30-26(36-31)9-6-11-28(30)40)37-27-10-5-8-25(34)33(27)42-4/h5,7-8,10,12,17-18,20-21,23,36-37H,6,9,11,13,15,19H2,1-4H3/b12-7+. The van der Waals surface area contributed by atoms with E-state index < -0.39 is 0 Å². The van der Waals surface area contributed by atoms with Crippen LogP contribution in [0.15, 0.2) is 48.8 Å². The van der Waals surface area contributed by atoms with E-state index in [1.807, 2.05) is 48.2 Å². The zero-order valence-electron chi connectivity index (χ0n) is 24.5. The molecule has 2 aliphatic rings. The molecule has 3 heterocycles. The van der Waals surface area contributed by atoms with Crippen LogP contribution in [-0.2, 0) is 11.2 Å². The number of carbonyl (C=O) groups excluding carboxylic acids is 2. The molecule has 42 heavy (non-hydrogen) atoms. The highest BCUT2D eigenvalue weighted by Crippen LogP contribution is 2.42. The normalized spacial score (nSPS) is 18.2. The number of benzene rings is 1. The van der Waals surface area contributed by atoms with Gasteiger partial charge >= 0.3 is 0 Å². The van der Waals surface area contributed by atoms with E-state index in [1.165, 1.54) is 0 Å². The van der Waals surface area contributed by atoms with Crippen molar-refractivity contribution in [2.45, 2.75) is 51.1 Å². The maximum atomic E-state index is 13.2. The minimum Gasteiger partial charge on any atom is -0.493 e. The number of aromatic nitrogens is 2. The number of nitrogens with one attached hydrogen (secondary N) is 2. The number of likely N-dealkylation sites (N-methyl/N-ethyl adjacent to an activating group) is 1. The molecule has 2 aromatic heterocycles. The van der Waals surface area contributed by atoms with Crippen LogP contribution in [0, 0.1) is 11.8 Å². The molecule has 2 atom stereocenters. The van der Waals surface area contributed by atoms with Crippen molar-refractivity contribution in [3.05, 3.63) is 70.7 Å². The lowest BCUT2D eigenvalue weighted by atomic mass is 9.94. The van der Waals surface area contributed by atoms with Gasteiger partial charge in [0.1, 0.15) is 0 Å². The summed E-state index contributed by atoms with van der Waals surface area (Å²) in [4.78, 5) is 38.0. The topological polar surface area (TPSA) is 90.6 Å². The summed E-state index contributed by atoms with van der Waals surface area (Å²) in [6.07, 6.45) is 10.7. The number of para-hydroxylation sites is 1. The predicted molar refractivity (Wildman–Crippen MR) is 166 cm³/mol. The SMILES string of the molecule is COc1c(Cl)cccc1Nc1c(-c2ccncc2C#CC2CCC(C)N2C(=O)/C=C/CN(C)C)[nH]c2c1C(=O)CCC2. The molecule has 0 spiro atoms. The van der Waals surface area contributed by atoms with Crippen LogP contribution in [0.4, 0.5) is 11.4 Å². The minimum atomic E-state index is -0.198. The van der Waals surface area contributed by atoms with Crippen LogP contribution < -0.4 is 10.1 Å². The zero-order chi connectivity index (χ0) is 29.8. The lowest BCUT2D eigenvalue weighted by Gasteiger charge is -2.24. The number of likely N-dealkylation sites (tertiary alicyclic amines) is 1. The summed E-state index contributed by atoms with van der Waals surface area (Å²) in [5.41, 5.74) is 5.15. The number of fused-ring (bicyclic) bond motifs is 1. The summed E-state index contributed by atoms with van der Waals surface area (Å²) in [5.74, 6) is 7.26. The molecule has 1 fully saturated rings. The van der Waals surface area contributed by atoms with Crippen LogP contribution in [0.5, 0.6) is 5.75 Å². The first kappa shape index (κ1) is 29.4. The summed E-state index contributed by atoms with van der Waals surface area (Å²) >= 11 is 6.41. The first-order valence-corrected chi connectivity index (χ1v) is 14.6. The molecule has 3 aromatic rings. The number of rotatable bonds is 7. The predicted octanol–water partition coefficient (Wildman–Crippen LogP) is 5.85. The average molecular weight is 586 g/mol. The number of pyridine rings is 1. The van der Waals surface area contributed by atoms with Crippen molar-refractivity contribution in [2.75, 3.05) is 33.1 Å². The molecule has 1 aromatic carbocycles. The molecular formula is C33H36ClN5O3. The monoisotopic (exact) mass is 585 g/mol. The number of methoxy groups -OCH3 is 1. The first-order chi connectivity index (χ1) is 20.3. The summed E-state index contributed by atoms with van der Waals surface area (Å²) < 4.78 is 5.57. The number of Topliss-reactive ketones (excluding diaryl/α,β-unsaturated/α-hetero) is 1. The van der Waals surface area contributed by atoms with Gasteiger partial charge in [-0.1, -0.05) is 35.6 Å². The van der Waals surface area contributed by atoms with Crippen LogP contribution >= 0.6 is 11.6 Å². The molecule has 8 nitrogen and oxygen atoms in total. The van der Waals surface area contributed by atoms with E-state index in [-0.39, 0.29) is 23.8 Å². The second-order valence-electron chi connectivity index (χ2n) is 11.0. The molecule has 0 bridgehead atoms. The number of carbonyl (C=O) groups is 2. The Labute approximate surface area is 252 Å². The van der Waals surface area contributed by atoms with Gasteiger partial charge in [-0.2, -0.15) is 0 Å². The number of aromatic amines is 1. The number of hydrogen-bond donors (Lipinski definition) is 2. The number of nitrogens with zero attached hydrogens (tertiary/aromatic N) is 3. The Morgan fingerprint density at radius 2 is 2.12 bits per heavy atom. The number of ketones is 1. The Kier molecular flexibility index (Phi) is 9.00. The molecule has 0 radical (unpaired) electrons. The molecule has 218 valence electrons. The second kappa shape index (κ2) is 12.8. The van der Waals surface area contributed by atoms with E-state index in [9.17, 15) is 9.59 Å². The minimum absolute atomic E-state index is 0.0231. The lowest BCUT2D eigenvalue weighted by Crippen LogP contribution is -2.38. The van der Waals surface area contributed by atoms with Crippen LogP contribution in [0.1, 0.15) is 54.2 Å². The fraction of sp³-hybridized carbons (Fsp3) is 0.364. The van der Waals surface area contributed by atoms with Gasteiger partial charge in [-0.05, 0) is 64.9 Å². The Bertz CT molecular complexity index is 1580. The van der Waals surface area contributed by atoms with Crippen LogP contribution in [0.2, 0.25) is 5.02 Å². The van der Waals surface area contributed by atoms with E-state index in [1.54, 1.807) is 31.6 Å². The molecule has 1 amide bonds. The van der Waals surface area contributed by atoms with Gasteiger partial charge in [-0.25, -0.2) is 0 Å². The van der Waals surface area contributed by atoms with E-state index in [4.69, 9.17) is 16.3 Å². The summed E-state index contributed by atoms with van der Waals surface area (Å²) in [6, 6.07) is 7.28. The largest absolute Gasteiger partial charge is 0.493 e. The van der Waals surface area contributed by atoms with Crippen molar-refractivity contribution in [1.82, 2.24) is 19.8 Å². The third-order valence-corrected chi connectivity index (χ3v) is 8.03. The van der Waals surface area contributed by atoms with Crippen molar-refractivity contribution in [3.63, 3.8) is 0 Å². The van der Waals surface area contributed by atoms with Crippen LogP contribution in [0.3, 0.4) is 0 Å². The quantitative estimate of drug-likeness (QED) is 0.267. The van der Waals surface area contributed by atoms with Crippen molar-refractivity contribution >= 4 is 34.7 Å². The summed E-state index contributed by atoms with van der Waals surface area (Å²) in [7, 11) is 5.50. The van der Waals surface area contributed by atoms with Gasteiger partial charge in [0.05, 0.1) is 46.4 Å². The molecule has 5 rings (SSSR count). The highest BCUT2D eigenvalue weighted by atomic mass is 35.5. The smallest absolute Gasteiger partial charge is 0.247 e. The molecule has 2 N–H and O–H groups in total. The lowest BCUT2D eigenvalue weighted by molar-refractivity contribution is -0.127. The van der Waals surface area contributed by atoms with Gasteiger partial charge < -0.3 is 24.8 Å². The molecule has 9 heteroatoms. The Hall–Kier alpha value is -4.06. The van der Waals surface area contributed by atoms with Crippen molar-refractivity contribution in [2.24, 2.45) is 0 Å². The maximum Gasteiger partial charge on any atom is 0.247 e. The summed E-state index contributed by atoms with van der Waals surface area (Å²) in [5, 5.41) is 3.92. The molecule has 2 unspecified atom stereocenters. The van der Waals surface area contributed by atoms with E-state index in [0.29, 0.717) is 46.2 Å². The van der Waals surface area contributed by atoms with Crippen molar-refractivity contribution in [1.29, 1.82) is 0 Å². The third kappa shape index (κ3) is 6.08. The summed E-state index contributed by atoms with van der Waals surface area (Å²) in [6.45, 7) is 2.76. The Balaban J connectivity index is 1.53. The van der Waals surface area contributed by atoms with E-state index in [2.05, 4.69) is 34.0 Å². The van der Waals surface area contributed by atoms with Gasteiger partial charge in [-0.3, -0.25) is 14.6 Å². The molecule has 1 aliphatic carbocycles. The number of halogens is 1. The maximum absolute atomic E-state index is 13.2. The second-order valence-corrected chi connectivity index (χ2v) is 11.4. The molecule has 1 saturated heterocycles. The van der Waals surface area contributed by atoms with Crippen LogP contribution in [0.25, 0.3) is 11.3 Å². The average Bonchev–Trinajstić information content (AvgIpc) is 3.52. The molecular weight excluding hydrogens is 550 g/mol. The van der Waals surface area contributed by atoms with E-state index in [0.717, 1.165) is 42.6 Å². The Morgan fingerprint density at radius 3 is 2.90 bits per heavy atom. The van der Waals surface area contributed by atoms with Gasteiger partial charge in [-0.15, -0.1) is 0 Å². The highest BCUT2D eigenvalue weighted by Gasteiger charge is 2.32. The fourth-order valence-corrected chi connectivity index (χ4v) is 5.95. The third-order valence-electron chi connectivity index (χ3n) is 7.74. The number of hydrogen-bond acceptors (Lipinski definition) is 6. The van der Waals surface area contributed by atoms with E-state index >= 15 is 0 Å². The van der Waals surface area contributed by atoms with Crippen molar-refractivity contribution in [3.8, 4) is 28.8 Å². The number of anilines is 2. The number of amides is 1.